The number of amides is 1. The van der Waals surface area contributed by atoms with Crippen molar-refractivity contribution in [2.24, 2.45) is 0 Å². The predicted molar refractivity (Wildman–Crippen MR) is 149 cm³/mol. The van der Waals surface area contributed by atoms with Crippen LogP contribution in [0.4, 0.5) is 5.13 Å². The van der Waals surface area contributed by atoms with Gasteiger partial charge in [0, 0.05) is 17.0 Å². The number of benzene rings is 1. The van der Waals surface area contributed by atoms with Gasteiger partial charge in [-0.3, -0.25) is 24.7 Å². The molecule has 39 heavy (non-hydrogen) atoms. The van der Waals surface area contributed by atoms with Crippen LogP contribution < -0.4 is 16.4 Å². The Morgan fingerprint density at radius 2 is 1.97 bits per heavy atom. The third kappa shape index (κ3) is 4.97. The van der Waals surface area contributed by atoms with Crippen LogP contribution in [0, 0.1) is 5.41 Å². The first-order valence-corrected chi connectivity index (χ1v) is 13.8. The number of rotatable bonds is 7. The van der Waals surface area contributed by atoms with E-state index in [1.807, 2.05) is 24.3 Å². The molecule has 13 heteroatoms. The molecular weight excluding hydrogens is 558 g/mol. The van der Waals surface area contributed by atoms with Gasteiger partial charge < -0.3 is 8.98 Å². The molecule has 1 aromatic carbocycles. The van der Waals surface area contributed by atoms with Crippen LogP contribution in [-0.2, 0) is 12.3 Å². The lowest BCUT2D eigenvalue weighted by molar-refractivity contribution is 0.102. The van der Waals surface area contributed by atoms with Gasteiger partial charge in [-0.25, -0.2) is 4.98 Å². The molecule has 6 rings (SSSR count). The molecule has 0 atom stereocenters. The first-order chi connectivity index (χ1) is 19.0. The fourth-order valence-electron chi connectivity index (χ4n) is 4.01. The molecule has 0 spiro atoms. The van der Waals surface area contributed by atoms with E-state index >= 15 is 0 Å². The Bertz CT molecular complexity index is 1960. The van der Waals surface area contributed by atoms with Crippen molar-refractivity contribution in [3.8, 4) is 0 Å². The third-order valence-electron chi connectivity index (χ3n) is 5.89. The third-order valence-corrected chi connectivity index (χ3v) is 8.28. The fraction of sp³-hybridized carbons (Fsp3) is 0.0769. The number of halogens is 1. The van der Waals surface area contributed by atoms with E-state index in [0.717, 1.165) is 5.56 Å². The first-order valence-electron chi connectivity index (χ1n) is 11.6. The smallest absolute Gasteiger partial charge is 0.267 e. The van der Waals surface area contributed by atoms with Crippen molar-refractivity contribution in [1.82, 2.24) is 24.1 Å². The Balaban J connectivity index is 1.35. The summed E-state index contributed by atoms with van der Waals surface area (Å²) in [6, 6.07) is 17.6. The monoisotopic (exact) mass is 575 g/mol. The fourth-order valence-corrected chi connectivity index (χ4v) is 6.04. The van der Waals surface area contributed by atoms with Gasteiger partial charge in [-0.2, -0.15) is 0 Å². The van der Waals surface area contributed by atoms with E-state index in [4.69, 9.17) is 21.4 Å². The van der Waals surface area contributed by atoms with Crippen molar-refractivity contribution < 1.29 is 9.21 Å². The number of nitrogens with one attached hydrogen (secondary N) is 2. The second kappa shape index (κ2) is 10.5. The van der Waals surface area contributed by atoms with Crippen molar-refractivity contribution in [2.75, 3.05) is 5.32 Å². The first kappa shape index (κ1) is 25.0. The molecule has 1 amide bonds. The largest absolute Gasteiger partial charge is 0.467 e. The Labute approximate surface area is 233 Å². The van der Waals surface area contributed by atoms with Crippen molar-refractivity contribution in [2.45, 2.75) is 16.6 Å². The van der Waals surface area contributed by atoms with E-state index in [9.17, 15) is 9.59 Å². The molecule has 0 bridgehead atoms. The number of carbonyl (C=O) groups is 1. The molecule has 0 unspecified atom stereocenters. The van der Waals surface area contributed by atoms with Gasteiger partial charge in [-0.1, -0.05) is 59.0 Å². The average Bonchev–Trinajstić information content (AvgIpc) is 3.62. The van der Waals surface area contributed by atoms with Crippen molar-refractivity contribution >= 4 is 62.4 Å². The van der Waals surface area contributed by atoms with E-state index in [1.165, 1.54) is 44.4 Å². The average molecular weight is 576 g/mol. The maximum atomic E-state index is 13.4. The van der Waals surface area contributed by atoms with E-state index in [-0.39, 0.29) is 39.3 Å². The van der Waals surface area contributed by atoms with E-state index < -0.39 is 5.91 Å². The zero-order valence-corrected chi connectivity index (χ0v) is 22.4. The summed E-state index contributed by atoms with van der Waals surface area (Å²) in [6.45, 7) is 0.112. The van der Waals surface area contributed by atoms with Crippen LogP contribution in [0.3, 0.4) is 0 Å². The summed E-state index contributed by atoms with van der Waals surface area (Å²) in [5.74, 6) is 0.555. The maximum absolute atomic E-state index is 13.4. The summed E-state index contributed by atoms with van der Waals surface area (Å²) < 4.78 is 9.02. The molecular formula is C26H18ClN7O3S2. The Hall–Kier alpha value is -4.26. The molecule has 0 aliphatic carbocycles. The standard InChI is InChI=1S/C26H18ClN7O3S2/c27-19-8-2-1-6-15(19)14-38-26-32-31-25(39-26)30-23(35)17-12-18-22(29-20-9-3-4-10-33(20)24(18)36)34(21(17)28)13-16-7-5-11-37-16/h1-12,28H,13-14H2,(H,30,31,35). The number of pyridine rings is 2. The summed E-state index contributed by atoms with van der Waals surface area (Å²) in [6.07, 6.45) is 3.13. The zero-order chi connectivity index (χ0) is 26.9. The van der Waals surface area contributed by atoms with Crippen LogP contribution >= 0.6 is 34.7 Å². The molecule has 10 nitrogen and oxygen atoms in total. The minimum atomic E-state index is -0.591. The minimum Gasteiger partial charge on any atom is -0.467 e. The van der Waals surface area contributed by atoms with Crippen molar-refractivity contribution in [3.05, 3.63) is 111 Å². The number of nitrogens with zero attached hydrogens (tertiary/aromatic N) is 5. The van der Waals surface area contributed by atoms with Gasteiger partial charge in [0.1, 0.15) is 22.5 Å². The molecule has 2 N–H and O–H groups in total. The molecule has 0 radical (unpaired) electrons. The Morgan fingerprint density at radius 1 is 1.13 bits per heavy atom. The van der Waals surface area contributed by atoms with E-state index in [2.05, 4.69) is 20.5 Å². The highest BCUT2D eigenvalue weighted by atomic mass is 35.5. The van der Waals surface area contributed by atoms with Crippen LogP contribution in [0.2, 0.25) is 5.02 Å². The van der Waals surface area contributed by atoms with Crippen molar-refractivity contribution in [3.63, 3.8) is 0 Å². The van der Waals surface area contributed by atoms with Gasteiger partial charge in [0.25, 0.3) is 11.5 Å². The number of carbonyl (C=O) groups excluding carboxylic acids is 1. The number of hydrogen-bond donors (Lipinski definition) is 2. The van der Waals surface area contributed by atoms with Crippen molar-refractivity contribution in [1.29, 1.82) is 5.41 Å². The number of hydrogen-bond acceptors (Lipinski definition) is 9. The molecule has 0 saturated heterocycles. The number of anilines is 1. The van der Waals surface area contributed by atoms with E-state index in [0.29, 0.717) is 26.5 Å². The van der Waals surface area contributed by atoms with Gasteiger partial charge in [0.15, 0.2) is 4.34 Å². The van der Waals surface area contributed by atoms with Gasteiger partial charge in [-0.05, 0) is 42.0 Å². The highest BCUT2D eigenvalue weighted by molar-refractivity contribution is 8.00. The molecule has 194 valence electrons. The van der Waals surface area contributed by atoms with Crippen LogP contribution in [-0.4, -0.2) is 30.1 Å². The van der Waals surface area contributed by atoms with Crippen LogP contribution in [0.25, 0.3) is 16.7 Å². The molecule has 5 aromatic heterocycles. The molecule has 0 aliphatic heterocycles. The SMILES string of the molecule is N=c1c(C(=O)Nc2nnc(SCc3ccccc3Cl)s2)cc2c(=O)n3ccccc3nc2n1Cc1ccco1. The summed E-state index contributed by atoms with van der Waals surface area (Å²) in [5.41, 5.74) is 1.18. The quantitative estimate of drug-likeness (QED) is 0.158. The normalized spacial score (nSPS) is 11.3. The van der Waals surface area contributed by atoms with Gasteiger partial charge >= 0.3 is 0 Å². The van der Waals surface area contributed by atoms with Crippen LogP contribution in [0.5, 0.6) is 0 Å². The highest BCUT2D eigenvalue weighted by Gasteiger charge is 2.20. The Morgan fingerprint density at radius 3 is 2.79 bits per heavy atom. The lowest BCUT2D eigenvalue weighted by atomic mass is 10.2. The number of thioether (sulfide) groups is 1. The lowest BCUT2D eigenvalue weighted by Gasteiger charge is -2.13. The highest BCUT2D eigenvalue weighted by Crippen LogP contribution is 2.30. The number of furan rings is 1. The van der Waals surface area contributed by atoms with Crippen LogP contribution in [0.15, 0.2) is 86.7 Å². The second-order valence-electron chi connectivity index (χ2n) is 8.36. The summed E-state index contributed by atoms with van der Waals surface area (Å²) in [4.78, 5) is 31.3. The molecule has 0 aliphatic rings. The second-order valence-corrected chi connectivity index (χ2v) is 11.0. The summed E-state index contributed by atoms with van der Waals surface area (Å²) in [5, 5.41) is 20.9. The number of aromatic nitrogens is 5. The maximum Gasteiger partial charge on any atom is 0.267 e. The topological polar surface area (TPSA) is 131 Å². The summed E-state index contributed by atoms with van der Waals surface area (Å²) in [7, 11) is 0. The molecule has 6 aromatic rings. The lowest BCUT2D eigenvalue weighted by Crippen LogP contribution is -2.32. The Kier molecular flexibility index (Phi) is 6.73. The number of fused-ring (bicyclic) bond motifs is 2. The molecule has 0 fully saturated rings. The molecule has 0 saturated carbocycles. The van der Waals surface area contributed by atoms with Gasteiger partial charge in [-0.15, -0.1) is 10.2 Å². The zero-order valence-electron chi connectivity index (χ0n) is 20.0. The summed E-state index contributed by atoms with van der Waals surface area (Å²) >= 11 is 8.89. The van der Waals surface area contributed by atoms with Gasteiger partial charge in [0.05, 0.1) is 23.8 Å². The minimum absolute atomic E-state index is 0.00990. The molecule has 5 heterocycles. The van der Waals surface area contributed by atoms with Crippen LogP contribution in [0.1, 0.15) is 21.7 Å². The van der Waals surface area contributed by atoms with Gasteiger partial charge in [0.2, 0.25) is 5.13 Å². The predicted octanol–water partition coefficient (Wildman–Crippen LogP) is 4.82. The van der Waals surface area contributed by atoms with E-state index in [1.54, 1.807) is 36.5 Å².